The zero-order valence-electron chi connectivity index (χ0n) is 38.0. The highest BCUT2D eigenvalue weighted by Crippen LogP contribution is 2.25. The summed E-state index contributed by atoms with van der Waals surface area (Å²) in [7, 11) is 2.75. The first kappa shape index (κ1) is 52.5. The summed E-state index contributed by atoms with van der Waals surface area (Å²) in [5.41, 5.74) is -0.373. The summed E-state index contributed by atoms with van der Waals surface area (Å²) >= 11 is 0. The van der Waals surface area contributed by atoms with E-state index in [0.29, 0.717) is 31.2 Å². The fourth-order valence-corrected chi connectivity index (χ4v) is 8.02. The molecule has 0 radical (unpaired) electrons. The minimum absolute atomic E-state index is 0.0678. The molecule has 13 N–H and O–H groups in total. The van der Waals surface area contributed by atoms with Crippen molar-refractivity contribution in [2.24, 2.45) is 5.92 Å². The summed E-state index contributed by atoms with van der Waals surface area (Å²) in [5.74, 6) is -7.11. The van der Waals surface area contributed by atoms with Crippen molar-refractivity contribution >= 4 is 58.3 Å². The smallest absolute Gasteiger partial charge is 0.253 e. The number of rotatable bonds is 12. The van der Waals surface area contributed by atoms with Crippen LogP contribution in [-0.2, 0) is 40.0 Å². The van der Waals surface area contributed by atoms with E-state index in [1.54, 1.807) is 44.5 Å². The number of carbonyl (C=O) groups excluding carboxylic acids is 7. The largest absolute Gasteiger partial charge is 0.497 e. The number of methoxy groups -OCH3 is 1. The Hall–Kier alpha value is -6.43. The topological polar surface area (TPSA) is 341 Å². The molecule has 0 spiro atoms. The molecular formula is C46H62N8O14. The molecule has 0 saturated carbocycles. The van der Waals surface area contributed by atoms with Gasteiger partial charge in [-0.1, -0.05) is 55.8 Å². The summed E-state index contributed by atoms with van der Waals surface area (Å²) in [5, 5.41) is 81.7. The number of hydrogen-bond donors (Lipinski definition) is 13. The van der Waals surface area contributed by atoms with Crippen molar-refractivity contribution in [3.63, 3.8) is 0 Å². The molecule has 3 unspecified atom stereocenters. The Morgan fingerprint density at radius 2 is 1.57 bits per heavy atom. The number of ether oxygens (including phenoxy) is 1. The molecule has 2 fully saturated rings. The number of amides is 7. The number of allylic oxidation sites excluding steroid dienone is 1. The molecule has 22 heteroatoms. The highest BCUT2D eigenvalue weighted by Gasteiger charge is 2.55. The first-order chi connectivity index (χ1) is 32.3. The van der Waals surface area contributed by atoms with E-state index in [-0.39, 0.29) is 6.42 Å². The number of aliphatic hydroxyl groups excluding tert-OH is 5. The lowest BCUT2D eigenvalue weighted by Gasteiger charge is -2.35. The van der Waals surface area contributed by atoms with Crippen LogP contribution in [0.25, 0.3) is 17.0 Å². The molecule has 22 nitrogen and oxygen atoms in total. The number of nitrogens with zero attached hydrogens (tertiary/aromatic N) is 1. The molecule has 10 atom stereocenters. The van der Waals surface area contributed by atoms with Crippen molar-refractivity contribution in [1.82, 2.24) is 41.8 Å². The Kier molecular flexibility index (Phi) is 18.6. The molecular weight excluding hydrogens is 889 g/mol. The van der Waals surface area contributed by atoms with Crippen molar-refractivity contribution in [3.05, 3.63) is 71.9 Å². The molecule has 2 saturated heterocycles. The quantitative estimate of drug-likeness (QED) is 0.0816. The van der Waals surface area contributed by atoms with Crippen LogP contribution in [0, 0.1) is 5.92 Å². The molecule has 0 bridgehead atoms. The summed E-state index contributed by atoms with van der Waals surface area (Å²) in [4.78, 5) is 96.9. The standard InChI is InChI=1S/C46H62N8O14/c1-25(10-6-4-5-7-11-26-14-16-29(68-3)17-15-26)38(60)39(61)37-40(62)44(65)52-42-41(63)45(66)53-46(42,67)20-36(59)54(2)24-35(58)50-32(18-27-21-47-31-13-9-8-12-30(27)31)43(64)49-23-34(57)48-22-28(55)19-33(56)51-37/h7-9,11-17,21,25,28,32,37-42,47,55,60-63,67H,4-6,10,18-20,22-24H2,1-3H3,(H,48,57)(H,49,64)(H,50,58)(H,51,56)(H,52,65)(H,53,66)/b11-7+/t25?,28-,32?,37-,38+,39+,40+,41?,42+,46+/m1/s1. The molecule has 1 aromatic heterocycles. The Balaban J connectivity index is 1.32. The van der Waals surface area contributed by atoms with Gasteiger partial charge in [0.15, 0.2) is 17.9 Å². The third-order valence-corrected chi connectivity index (χ3v) is 12.0. The molecule has 3 heterocycles. The van der Waals surface area contributed by atoms with E-state index in [2.05, 4.69) is 36.9 Å². The molecule has 2 aromatic carbocycles. The normalized spacial score (nSPS) is 26.7. The van der Waals surface area contributed by atoms with Crippen LogP contribution in [0.4, 0.5) is 0 Å². The number of carbonyl (C=O) groups is 7. The molecule has 0 aliphatic carbocycles. The van der Waals surface area contributed by atoms with E-state index < -0.39 is 134 Å². The molecule has 7 amide bonds. The second-order valence-electron chi connectivity index (χ2n) is 17.3. The van der Waals surface area contributed by atoms with Crippen molar-refractivity contribution < 1.29 is 68.9 Å². The highest BCUT2D eigenvalue weighted by molar-refractivity contribution is 5.94. The van der Waals surface area contributed by atoms with Gasteiger partial charge in [-0.05, 0) is 54.5 Å². The van der Waals surface area contributed by atoms with Crippen molar-refractivity contribution in [2.75, 3.05) is 33.8 Å². The maximum absolute atomic E-state index is 13.7. The number of nitrogens with one attached hydrogen (secondary N) is 7. The fraction of sp³-hybridized carbons (Fsp3) is 0.500. The van der Waals surface area contributed by atoms with Crippen LogP contribution in [0.1, 0.15) is 56.6 Å². The maximum atomic E-state index is 13.7. The van der Waals surface area contributed by atoms with Crippen LogP contribution in [0.5, 0.6) is 5.75 Å². The number of hydrogen-bond acceptors (Lipinski definition) is 14. The van der Waals surface area contributed by atoms with Gasteiger partial charge in [0.25, 0.3) is 11.8 Å². The van der Waals surface area contributed by atoms with Gasteiger partial charge in [0.2, 0.25) is 29.5 Å². The number of fused-ring (bicyclic) bond motifs is 2. The van der Waals surface area contributed by atoms with E-state index in [0.717, 1.165) is 27.1 Å². The molecule has 2 aliphatic heterocycles. The second-order valence-corrected chi connectivity index (χ2v) is 17.3. The summed E-state index contributed by atoms with van der Waals surface area (Å²) < 4.78 is 5.17. The van der Waals surface area contributed by atoms with E-state index in [9.17, 15) is 64.2 Å². The van der Waals surface area contributed by atoms with Crippen LogP contribution in [0.2, 0.25) is 0 Å². The van der Waals surface area contributed by atoms with Crippen molar-refractivity contribution in [3.8, 4) is 5.75 Å². The Bertz CT molecular complexity index is 2290. The number of aliphatic hydroxyl groups is 6. The predicted molar refractivity (Wildman–Crippen MR) is 243 cm³/mol. The number of unbranched alkanes of at least 4 members (excludes halogenated alkanes) is 2. The van der Waals surface area contributed by atoms with Crippen molar-refractivity contribution in [2.45, 2.75) is 106 Å². The number of likely N-dealkylation sites (N-methyl/N-ethyl adjacent to an activating group) is 1. The van der Waals surface area contributed by atoms with Gasteiger partial charge >= 0.3 is 0 Å². The van der Waals surface area contributed by atoms with Gasteiger partial charge in [-0.3, -0.25) is 33.6 Å². The zero-order valence-corrected chi connectivity index (χ0v) is 38.0. The van der Waals surface area contributed by atoms with Gasteiger partial charge in [-0.25, -0.2) is 0 Å². The van der Waals surface area contributed by atoms with Gasteiger partial charge in [0.1, 0.15) is 23.9 Å². The molecule has 3 aromatic rings. The number of H-pyrrole nitrogens is 1. The number of aromatic amines is 1. The lowest BCUT2D eigenvalue weighted by atomic mass is 9.88. The van der Waals surface area contributed by atoms with Crippen LogP contribution in [0.15, 0.2) is 60.8 Å². The number of aromatic nitrogens is 1. The fourth-order valence-electron chi connectivity index (χ4n) is 8.02. The van der Waals surface area contributed by atoms with Gasteiger partial charge in [-0.15, -0.1) is 0 Å². The van der Waals surface area contributed by atoms with Crippen molar-refractivity contribution in [1.29, 1.82) is 0 Å². The van der Waals surface area contributed by atoms with Gasteiger partial charge in [0, 0.05) is 37.1 Å². The Morgan fingerprint density at radius 1 is 0.853 bits per heavy atom. The van der Waals surface area contributed by atoms with Crippen LogP contribution >= 0.6 is 0 Å². The SMILES string of the molecule is COc1ccc(/C=C/CCCCC(C)[C@H](O)[C@@H](O)[C@H]2NC(=O)C[C@@H](O)CNC(=O)CNC(=O)C(Cc3c[nH]c4ccccc34)NC(=O)CN(C)C(=O)C[C@@]3(O)NC(=O)C(O)[C@@H]3NC(=O)[C@H]2O)cc1. The summed E-state index contributed by atoms with van der Waals surface area (Å²) in [6, 6.07) is 9.33. The molecule has 370 valence electrons. The number of para-hydroxylation sites is 1. The highest BCUT2D eigenvalue weighted by atomic mass is 16.5. The average Bonchev–Trinajstić information content (AvgIpc) is 3.81. The lowest BCUT2D eigenvalue weighted by molar-refractivity contribution is -0.146. The Morgan fingerprint density at radius 3 is 2.29 bits per heavy atom. The minimum Gasteiger partial charge on any atom is -0.497 e. The summed E-state index contributed by atoms with van der Waals surface area (Å²) in [6.45, 7) is -0.239. The van der Waals surface area contributed by atoms with Crippen LogP contribution in [0.3, 0.4) is 0 Å². The van der Waals surface area contributed by atoms with E-state index in [1.165, 1.54) is 7.05 Å². The molecule has 2 aliphatic rings. The van der Waals surface area contributed by atoms with Gasteiger partial charge in [0.05, 0.1) is 51.3 Å². The third kappa shape index (κ3) is 14.1. The van der Waals surface area contributed by atoms with Gasteiger partial charge < -0.3 is 77.2 Å². The first-order valence-corrected chi connectivity index (χ1v) is 22.3. The van der Waals surface area contributed by atoms with Gasteiger partial charge in [-0.2, -0.15) is 0 Å². The number of β-amino-alcohol motifs (C(OH)–C–C–N with tert-alkyl or cyclic N) is 1. The third-order valence-electron chi connectivity index (χ3n) is 12.0. The zero-order chi connectivity index (χ0) is 49.7. The Labute approximate surface area is 391 Å². The minimum atomic E-state index is -2.72. The van der Waals surface area contributed by atoms with E-state index in [4.69, 9.17) is 4.74 Å². The van der Waals surface area contributed by atoms with E-state index in [1.807, 2.05) is 36.4 Å². The predicted octanol–water partition coefficient (Wildman–Crippen LogP) is -2.81. The second kappa shape index (κ2) is 24.0. The monoisotopic (exact) mass is 950 g/mol. The molecule has 68 heavy (non-hydrogen) atoms. The maximum Gasteiger partial charge on any atom is 0.253 e. The molecule has 5 rings (SSSR count). The van der Waals surface area contributed by atoms with Crippen LogP contribution < -0.4 is 36.6 Å². The number of benzene rings is 2. The van der Waals surface area contributed by atoms with E-state index >= 15 is 0 Å². The van der Waals surface area contributed by atoms with Crippen LogP contribution in [-0.4, -0.2) is 170 Å². The lowest BCUT2D eigenvalue weighted by Crippen LogP contribution is -2.64. The first-order valence-electron chi connectivity index (χ1n) is 22.3. The average molecular weight is 951 g/mol. The summed E-state index contributed by atoms with van der Waals surface area (Å²) in [6.07, 6.45) is -3.92.